The van der Waals surface area contributed by atoms with Crippen LogP contribution in [0.15, 0.2) is 48.5 Å². The van der Waals surface area contributed by atoms with Gasteiger partial charge in [-0.1, -0.05) is 24.3 Å². The maximum atomic E-state index is 11.7. The van der Waals surface area contributed by atoms with Crippen molar-refractivity contribution in [3.8, 4) is 11.5 Å². The smallest absolute Gasteiger partial charge is 0.337 e. The summed E-state index contributed by atoms with van der Waals surface area (Å²) in [6.45, 7) is 5.24. The number of aliphatic hydroxyl groups is 1. The number of aliphatic hydroxyl groups excluding tert-OH is 1. The van der Waals surface area contributed by atoms with Gasteiger partial charge < -0.3 is 45.7 Å². The molecule has 0 bridgehead atoms. The molecule has 1 N–H and O–H groups in total. The molecule has 0 saturated carbocycles. The van der Waals surface area contributed by atoms with Crippen LogP contribution >= 0.6 is 0 Å². The summed E-state index contributed by atoms with van der Waals surface area (Å²) in [5, 5.41) is 10.8. The van der Waals surface area contributed by atoms with Gasteiger partial charge in [-0.2, -0.15) is 0 Å². The fourth-order valence-corrected chi connectivity index (χ4v) is 4.37. The number of carbonyl (C=O) groups is 1. The highest BCUT2D eigenvalue weighted by molar-refractivity contribution is 5.89. The zero-order chi connectivity index (χ0) is 23.1. The topological polar surface area (TPSA) is 83.5 Å². The van der Waals surface area contributed by atoms with Crippen LogP contribution in [0.3, 0.4) is 0 Å². The van der Waals surface area contributed by atoms with Crippen molar-refractivity contribution in [1.82, 2.24) is 0 Å². The summed E-state index contributed by atoms with van der Waals surface area (Å²) in [6, 6.07) is 15.0. The van der Waals surface area contributed by atoms with Gasteiger partial charge in [0.05, 0.1) is 39.1 Å². The lowest BCUT2D eigenvalue weighted by Gasteiger charge is -2.42. The monoisotopic (exact) mass is 493 g/mol. The van der Waals surface area contributed by atoms with Gasteiger partial charge in [0.1, 0.15) is 38.9 Å². The molecule has 2 heterocycles. The molecule has 0 aromatic heterocycles. The fraction of sp³-hybridized carbons (Fsp3) is 0.480. The molecule has 1 fully saturated rings. The Labute approximate surface area is 206 Å². The van der Waals surface area contributed by atoms with Crippen molar-refractivity contribution < 1.29 is 50.5 Å². The van der Waals surface area contributed by atoms with Crippen LogP contribution in [-0.2, 0) is 20.8 Å². The van der Waals surface area contributed by atoms with E-state index in [-0.39, 0.29) is 31.1 Å². The minimum Gasteiger partial charge on any atom is -1.00 e. The molecule has 4 rings (SSSR count). The maximum absolute atomic E-state index is 11.7. The van der Waals surface area contributed by atoms with E-state index in [0.717, 1.165) is 30.9 Å². The Kier molecular flexibility index (Phi) is 9.55. The van der Waals surface area contributed by atoms with Crippen LogP contribution in [0.4, 0.5) is 0 Å². The van der Waals surface area contributed by atoms with Crippen molar-refractivity contribution in [3.05, 3.63) is 59.7 Å². The van der Waals surface area contributed by atoms with Crippen LogP contribution in [0.5, 0.6) is 11.5 Å². The van der Waals surface area contributed by atoms with Crippen molar-refractivity contribution in [2.45, 2.75) is 18.8 Å². The second-order valence-corrected chi connectivity index (χ2v) is 8.62. The summed E-state index contributed by atoms with van der Waals surface area (Å²) in [6.07, 6.45) is -0.818. The first-order valence-electron chi connectivity index (χ1n) is 11.3. The molecule has 0 amide bonds. The number of para-hydroxylation sites is 2. The molecule has 2 aliphatic rings. The Hall–Kier alpha value is -2.36. The van der Waals surface area contributed by atoms with Gasteiger partial charge in [-0.15, -0.1) is 0 Å². The van der Waals surface area contributed by atoms with Crippen LogP contribution in [0.2, 0.25) is 0 Å². The van der Waals surface area contributed by atoms with E-state index < -0.39 is 6.10 Å². The first-order valence-corrected chi connectivity index (χ1v) is 11.3. The average molecular weight is 494 g/mol. The number of benzene rings is 2. The summed E-state index contributed by atoms with van der Waals surface area (Å²) < 4.78 is 28.5. The third-order valence-electron chi connectivity index (χ3n) is 6.09. The Morgan fingerprint density at radius 1 is 1.12 bits per heavy atom. The molecular formula is C25H32ClNO7. The molecule has 2 aliphatic heterocycles. The zero-order valence-electron chi connectivity index (χ0n) is 19.4. The van der Waals surface area contributed by atoms with Gasteiger partial charge in [-0.25, -0.2) is 4.79 Å². The van der Waals surface area contributed by atoms with Crippen LogP contribution < -0.4 is 21.9 Å². The number of hydrogen-bond donors (Lipinski definition) is 1. The lowest BCUT2D eigenvalue weighted by molar-refractivity contribution is -0.950. The van der Waals surface area contributed by atoms with Gasteiger partial charge in [0.15, 0.2) is 17.6 Å². The van der Waals surface area contributed by atoms with E-state index >= 15 is 0 Å². The molecule has 2 aromatic carbocycles. The molecule has 1 saturated heterocycles. The summed E-state index contributed by atoms with van der Waals surface area (Å²) in [4.78, 5) is 11.7. The Morgan fingerprint density at radius 3 is 2.53 bits per heavy atom. The number of morpholine rings is 1. The summed E-state index contributed by atoms with van der Waals surface area (Å²) >= 11 is 0. The molecule has 0 radical (unpaired) electrons. The number of hydrogen-bond acceptors (Lipinski definition) is 7. The Balaban J connectivity index is 0.00000324. The first-order chi connectivity index (χ1) is 16.1. The predicted molar refractivity (Wildman–Crippen MR) is 120 cm³/mol. The van der Waals surface area contributed by atoms with E-state index in [2.05, 4.69) is 0 Å². The molecule has 0 spiro atoms. The predicted octanol–water partition coefficient (Wildman–Crippen LogP) is -0.958. The molecular weight excluding hydrogens is 462 g/mol. The molecule has 2 aromatic rings. The zero-order valence-corrected chi connectivity index (χ0v) is 20.1. The van der Waals surface area contributed by atoms with E-state index in [9.17, 15) is 9.90 Å². The molecule has 9 heteroatoms. The molecule has 8 nitrogen and oxygen atoms in total. The van der Waals surface area contributed by atoms with Gasteiger partial charge in [0, 0.05) is 5.56 Å². The van der Waals surface area contributed by atoms with Crippen LogP contribution in [0.1, 0.15) is 15.9 Å². The normalized spacial score (nSPS) is 19.5. The fourth-order valence-electron chi connectivity index (χ4n) is 4.37. The Bertz CT molecular complexity index is 918. The third-order valence-corrected chi connectivity index (χ3v) is 6.09. The molecule has 186 valence electrons. The largest absolute Gasteiger partial charge is 1.00 e. The number of halogens is 1. The first kappa shape index (κ1) is 26.2. The molecule has 2 atom stereocenters. The van der Waals surface area contributed by atoms with Gasteiger partial charge in [0.2, 0.25) is 0 Å². The minimum absolute atomic E-state index is 0. The van der Waals surface area contributed by atoms with Gasteiger partial charge in [-0.3, -0.25) is 0 Å². The number of nitrogens with zero attached hydrogens (tertiary/aromatic N) is 1. The second-order valence-electron chi connectivity index (χ2n) is 8.62. The number of fused-ring (bicyclic) bond motifs is 1. The van der Waals surface area contributed by atoms with Crippen molar-refractivity contribution in [1.29, 1.82) is 0 Å². The summed E-state index contributed by atoms with van der Waals surface area (Å²) in [5.41, 5.74) is 1.63. The number of esters is 1. The SMILES string of the molecule is COC(=O)c1ccc(C[N+]2(CC(O)COCC3COc4ccccc4O3)CCOCC2)cc1.[Cl-]. The minimum atomic E-state index is -0.616. The molecule has 34 heavy (non-hydrogen) atoms. The van der Waals surface area contributed by atoms with Gasteiger partial charge in [0.25, 0.3) is 0 Å². The van der Waals surface area contributed by atoms with E-state index in [0.29, 0.717) is 48.8 Å². The van der Waals surface area contributed by atoms with Crippen LogP contribution in [0, 0.1) is 0 Å². The van der Waals surface area contributed by atoms with E-state index in [1.807, 2.05) is 36.4 Å². The third kappa shape index (κ3) is 6.84. The highest BCUT2D eigenvalue weighted by Gasteiger charge is 2.33. The standard InChI is InChI=1S/C25H32NO7.ClH/c1-29-25(28)20-8-6-19(7-9-20)14-26(10-12-30-13-11-26)15-21(27)16-31-17-22-18-32-23-4-2-3-5-24(23)33-22;/h2-9,21-22,27H,10-18H2,1H3;1H/q+1;/p-1. The Morgan fingerprint density at radius 2 is 1.82 bits per heavy atom. The van der Waals surface area contributed by atoms with E-state index in [1.54, 1.807) is 12.1 Å². The lowest BCUT2D eigenvalue weighted by atomic mass is 10.1. The number of quaternary nitrogens is 1. The molecule has 0 aliphatic carbocycles. The van der Waals surface area contributed by atoms with Crippen molar-refractivity contribution >= 4 is 5.97 Å². The van der Waals surface area contributed by atoms with Crippen LogP contribution in [0.25, 0.3) is 0 Å². The maximum Gasteiger partial charge on any atom is 0.337 e. The van der Waals surface area contributed by atoms with Crippen molar-refractivity contribution in [2.75, 3.05) is 59.8 Å². The van der Waals surface area contributed by atoms with Crippen molar-refractivity contribution in [2.24, 2.45) is 0 Å². The highest BCUT2D eigenvalue weighted by atomic mass is 35.5. The number of carbonyl (C=O) groups excluding carboxylic acids is 1. The summed E-state index contributed by atoms with van der Waals surface area (Å²) in [7, 11) is 1.37. The van der Waals surface area contributed by atoms with Gasteiger partial charge >= 0.3 is 5.97 Å². The number of ether oxygens (including phenoxy) is 5. The second kappa shape index (κ2) is 12.4. The lowest BCUT2D eigenvalue weighted by Crippen LogP contribution is -3.00. The van der Waals surface area contributed by atoms with Crippen molar-refractivity contribution in [3.63, 3.8) is 0 Å². The number of methoxy groups -OCH3 is 1. The van der Waals surface area contributed by atoms with E-state index in [1.165, 1.54) is 7.11 Å². The van der Waals surface area contributed by atoms with E-state index in [4.69, 9.17) is 23.7 Å². The average Bonchev–Trinajstić information content (AvgIpc) is 2.84. The molecule has 2 unspecified atom stereocenters. The number of rotatable bonds is 9. The quantitative estimate of drug-likeness (QED) is 0.356. The van der Waals surface area contributed by atoms with Crippen LogP contribution in [-0.4, -0.2) is 87.5 Å². The van der Waals surface area contributed by atoms with Gasteiger partial charge in [-0.05, 0) is 24.3 Å². The summed E-state index contributed by atoms with van der Waals surface area (Å²) in [5.74, 6) is 1.11. The highest BCUT2D eigenvalue weighted by Crippen LogP contribution is 2.30.